The molecule has 7 nitrogen and oxygen atoms in total. The van der Waals surface area contributed by atoms with Crippen LogP contribution in [-0.4, -0.2) is 36.5 Å². The van der Waals surface area contributed by atoms with Crippen molar-refractivity contribution >= 4 is 17.8 Å². The second-order valence-electron chi connectivity index (χ2n) is 5.62. The Hall–Kier alpha value is -2.31. The predicted octanol–water partition coefficient (Wildman–Crippen LogP) is 0.856. The van der Waals surface area contributed by atoms with E-state index in [0.29, 0.717) is 0 Å². The Morgan fingerprint density at radius 3 is 2.64 bits per heavy atom. The van der Waals surface area contributed by atoms with Gasteiger partial charge in [0.1, 0.15) is 6.04 Å². The van der Waals surface area contributed by atoms with Crippen molar-refractivity contribution in [1.82, 2.24) is 10.6 Å². The average Bonchev–Trinajstić information content (AvgIpc) is 3.10. The number of furan rings is 1. The summed E-state index contributed by atoms with van der Waals surface area (Å²) in [4.78, 5) is 35.5. The molecule has 2 rings (SSSR count). The fraction of sp³-hybridized carbons (Fsp3) is 0.533. The highest BCUT2D eigenvalue weighted by Gasteiger charge is 2.28. The van der Waals surface area contributed by atoms with Crippen molar-refractivity contribution in [3.05, 3.63) is 24.2 Å². The lowest BCUT2D eigenvalue weighted by molar-refractivity contribution is -0.151. The lowest BCUT2D eigenvalue weighted by Crippen LogP contribution is -2.46. The molecule has 0 bridgehead atoms. The summed E-state index contributed by atoms with van der Waals surface area (Å²) in [7, 11) is 0. The summed E-state index contributed by atoms with van der Waals surface area (Å²) in [6, 6.07) is 2.46. The number of nitrogens with one attached hydrogen (secondary N) is 2. The molecule has 1 fully saturated rings. The standard InChI is InChI=1S/C15H20N2O5/c1-9(2)13(17-14(19)11-4-3-7-21-11)15(20)22-8-12(18)16-10-5-6-10/h3-4,7,9-10,13H,5-6,8H2,1-2H3,(H,16,18)(H,17,19)/t13-/m0/s1. The maximum Gasteiger partial charge on any atom is 0.329 e. The monoisotopic (exact) mass is 308 g/mol. The van der Waals surface area contributed by atoms with E-state index in [9.17, 15) is 14.4 Å². The molecule has 120 valence electrons. The van der Waals surface area contributed by atoms with Gasteiger partial charge in [0, 0.05) is 6.04 Å². The van der Waals surface area contributed by atoms with Gasteiger partial charge in [0.2, 0.25) is 0 Å². The Balaban J connectivity index is 1.84. The Morgan fingerprint density at radius 1 is 1.36 bits per heavy atom. The molecule has 0 aliphatic heterocycles. The molecule has 7 heteroatoms. The number of rotatable bonds is 7. The number of carbonyl (C=O) groups is 3. The quantitative estimate of drug-likeness (QED) is 0.728. The smallest absolute Gasteiger partial charge is 0.329 e. The van der Waals surface area contributed by atoms with Gasteiger partial charge in [-0.25, -0.2) is 4.79 Å². The molecule has 1 aliphatic rings. The normalized spacial score (nSPS) is 15.2. The number of esters is 1. The number of carbonyl (C=O) groups excluding carboxylic acids is 3. The minimum Gasteiger partial charge on any atom is -0.459 e. The van der Waals surface area contributed by atoms with Crippen molar-refractivity contribution in [3.8, 4) is 0 Å². The maximum atomic E-state index is 12.0. The van der Waals surface area contributed by atoms with Crippen molar-refractivity contribution < 1.29 is 23.5 Å². The summed E-state index contributed by atoms with van der Waals surface area (Å²) in [6.45, 7) is 3.21. The van der Waals surface area contributed by atoms with E-state index in [1.807, 2.05) is 0 Å². The lowest BCUT2D eigenvalue weighted by atomic mass is 10.0. The number of hydrogen-bond donors (Lipinski definition) is 2. The van der Waals surface area contributed by atoms with Gasteiger partial charge in [-0.1, -0.05) is 13.8 Å². The van der Waals surface area contributed by atoms with Crippen LogP contribution in [0.5, 0.6) is 0 Å². The van der Waals surface area contributed by atoms with Crippen LogP contribution in [0.2, 0.25) is 0 Å². The van der Waals surface area contributed by atoms with Crippen molar-refractivity contribution in [2.45, 2.75) is 38.8 Å². The van der Waals surface area contributed by atoms with Crippen molar-refractivity contribution in [1.29, 1.82) is 0 Å². The molecule has 1 heterocycles. The fourth-order valence-corrected chi connectivity index (χ4v) is 1.84. The van der Waals surface area contributed by atoms with Crippen LogP contribution in [0.3, 0.4) is 0 Å². The zero-order valence-electron chi connectivity index (χ0n) is 12.6. The van der Waals surface area contributed by atoms with Gasteiger partial charge < -0.3 is 19.8 Å². The third-order valence-corrected chi connectivity index (χ3v) is 3.24. The molecule has 1 atom stereocenters. The zero-order chi connectivity index (χ0) is 16.1. The summed E-state index contributed by atoms with van der Waals surface area (Å²) in [5.41, 5.74) is 0. The van der Waals surface area contributed by atoms with Crippen molar-refractivity contribution in [2.75, 3.05) is 6.61 Å². The Kier molecular flexibility index (Phi) is 5.19. The van der Waals surface area contributed by atoms with Crippen LogP contribution >= 0.6 is 0 Å². The first-order valence-electron chi connectivity index (χ1n) is 7.27. The minimum absolute atomic E-state index is 0.116. The second-order valence-corrected chi connectivity index (χ2v) is 5.62. The van der Waals surface area contributed by atoms with Crippen molar-refractivity contribution in [3.63, 3.8) is 0 Å². The van der Waals surface area contributed by atoms with Gasteiger partial charge in [0.15, 0.2) is 12.4 Å². The highest BCUT2D eigenvalue weighted by molar-refractivity contribution is 5.94. The topological polar surface area (TPSA) is 97.6 Å². The number of ether oxygens (including phenoxy) is 1. The lowest BCUT2D eigenvalue weighted by Gasteiger charge is -2.20. The van der Waals surface area contributed by atoms with E-state index < -0.39 is 17.9 Å². The Morgan fingerprint density at radius 2 is 2.09 bits per heavy atom. The second kappa shape index (κ2) is 7.11. The summed E-state index contributed by atoms with van der Waals surface area (Å²) >= 11 is 0. The van der Waals surface area contributed by atoms with Gasteiger partial charge >= 0.3 is 5.97 Å². The average molecular weight is 308 g/mol. The number of amides is 2. The third kappa shape index (κ3) is 4.61. The molecule has 2 amide bonds. The predicted molar refractivity (Wildman–Crippen MR) is 76.9 cm³/mol. The van der Waals surface area contributed by atoms with E-state index in [2.05, 4.69) is 10.6 Å². The maximum absolute atomic E-state index is 12.0. The van der Waals surface area contributed by atoms with Crippen LogP contribution in [-0.2, 0) is 14.3 Å². The summed E-state index contributed by atoms with van der Waals surface area (Å²) < 4.78 is 9.95. The van der Waals surface area contributed by atoms with Crippen LogP contribution in [0.1, 0.15) is 37.2 Å². The van der Waals surface area contributed by atoms with E-state index in [4.69, 9.17) is 9.15 Å². The molecule has 2 N–H and O–H groups in total. The summed E-state index contributed by atoms with van der Waals surface area (Å²) in [5.74, 6) is -1.53. The zero-order valence-corrected chi connectivity index (χ0v) is 12.6. The van der Waals surface area contributed by atoms with Crippen LogP contribution in [0.4, 0.5) is 0 Å². The van der Waals surface area contributed by atoms with E-state index in [1.54, 1.807) is 19.9 Å². The van der Waals surface area contributed by atoms with Gasteiger partial charge in [0.25, 0.3) is 11.8 Å². The molecule has 1 saturated carbocycles. The minimum atomic E-state index is -0.841. The third-order valence-electron chi connectivity index (χ3n) is 3.24. The molecular formula is C15H20N2O5. The molecular weight excluding hydrogens is 288 g/mol. The highest BCUT2D eigenvalue weighted by atomic mass is 16.5. The van der Waals surface area contributed by atoms with Crippen LogP contribution in [0, 0.1) is 5.92 Å². The van der Waals surface area contributed by atoms with Crippen LogP contribution in [0.25, 0.3) is 0 Å². The van der Waals surface area contributed by atoms with Gasteiger partial charge in [-0.2, -0.15) is 0 Å². The fourth-order valence-electron chi connectivity index (χ4n) is 1.84. The van der Waals surface area contributed by atoms with E-state index >= 15 is 0 Å². The van der Waals surface area contributed by atoms with Gasteiger partial charge in [-0.3, -0.25) is 9.59 Å². The molecule has 0 saturated heterocycles. The summed E-state index contributed by atoms with van der Waals surface area (Å²) in [5, 5.41) is 5.28. The molecule has 0 radical (unpaired) electrons. The molecule has 1 aliphatic carbocycles. The Bertz CT molecular complexity index is 534. The van der Waals surface area contributed by atoms with Crippen molar-refractivity contribution in [2.24, 2.45) is 5.92 Å². The first kappa shape index (κ1) is 16.1. The molecule has 0 aromatic carbocycles. The van der Waals surface area contributed by atoms with E-state index in [0.717, 1.165) is 12.8 Å². The Labute approximate surface area is 128 Å². The molecule has 1 aromatic rings. The molecule has 1 aromatic heterocycles. The van der Waals surface area contributed by atoms with Gasteiger partial charge in [0.05, 0.1) is 6.26 Å². The number of hydrogen-bond acceptors (Lipinski definition) is 5. The van der Waals surface area contributed by atoms with Crippen LogP contribution < -0.4 is 10.6 Å². The van der Waals surface area contributed by atoms with Gasteiger partial charge in [-0.05, 0) is 30.9 Å². The first-order chi connectivity index (χ1) is 10.5. The van der Waals surface area contributed by atoms with E-state index in [1.165, 1.54) is 12.3 Å². The van der Waals surface area contributed by atoms with Gasteiger partial charge in [-0.15, -0.1) is 0 Å². The molecule has 0 unspecified atom stereocenters. The molecule has 22 heavy (non-hydrogen) atoms. The highest BCUT2D eigenvalue weighted by Crippen LogP contribution is 2.18. The summed E-state index contributed by atoms with van der Waals surface area (Å²) in [6.07, 6.45) is 3.31. The largest absolute Gasteiger partial charge is 0.459 e. The first-order valence-corrected chi connectivity index (χ1v) is 7.27. The van der Waals surface area contributed by atoms with E-state index in [-0.39, 0.29) is 30.2 Å². The SMILES string of the molecule is CC(C)[C@H](NC(=O)c1ccco1)C(=O)OCC(=O)NC1CC1. The molecule has 0 spiro atoms. The van der Waals surface area contributed by atoms with Crippen LogP contribution in [0.15, 0.2) is 22.8 Å².